The van der Waals surface area contributed by atoms with Gasteiger partial charge in [0.2, 0.25) is 11.8 Å². The summed E-state index contributed by atoms with van der Waals surface area (Å²) >= 11 is 0. The van der Waals surface area contributed by atoms with Crippen LogP contribution in [-0.4, -0.2) is 36.1 Å². The van der Waals surface area contributed by atoms with E-state index in [9.17, 15) is 19.2 Å². The van der Waals surface area contributed by atoms with E-state index in [1.54, 1.807) is 38.1 Å². The molecule has 0 bridgehead atoms. The molecule has 0 saturated carbocycles. The molecule has 0 spiro atoms. The first-order valence-electron chi connectivity index (χ1n) is 13.0. The van der Waals surface area contributed by atoms with E-state index in [0.717, 1.165) is 11.1 Å². The van der Waals surface area contributed by atoms with Crippen LogP contribution in [-0.2, 0) is 32.3 Å². The summed E-state index contributed by atoms with van der Waals surface area (Å²) in [6.45, 7) is 3.74. The largest absolute Gasteiger partial charge is 0.445 e. The fraction of sp³-hybridized carbons (Fsp3) is 0.267. The van der Waals surface area contributed by atoms with Gasteiger partial charge >= 0.3 is 12.2 Å². The molecule has 0 aliphatic carbocycles. The van der Waals surface area contributed by atoms with Crippen molar-refractivity contribution in [3.63, 3.8) is 0 Å². The van der Waals surface area contributed by atoms with Gasteiger partial charge in [0.25, 0.3) is 0 Å². The molecule has 2 atom stereocenters. The van der Waals surface area contributed by atoms with Crippen molar-refractivity contribution in [2.75, 3.05) is 10.6 Å². The first-order valence-corrected chi connectivity index (χ1v) is 13.0. The summed E-state index contributed by atoms with van der Waals surface area (Å²) in [6, 6.07) is 23.4. The Bertz CT molecular complexity index is 1150. The highest BCUT2D eigenvalue weighted by molar-refractivity contribution is 5.98. The third-order valence-corrected chi connectivity index (χ3v) is 5.88. The van der Waals surface area contributed by atoms with Gasteiger partial charge in [0.1, 0.15) is 25.3 Å². The lowest BCUT2D eigenvalue weighted by atomic mass is 10.2. The number of alkyl carbamates (subject to hydrolysis) is 2. The number of amides is 4. The average Bonchev–Trinajstić information content (AvgIpc) is 2.98. The van der Waals surface area contributed by atoms with Gasteiger partial charge in [-0.05, 0) is 48.2 Å². The van der Waals surface area contributed by atoms with Gasteiger partial charge in [-0.25, -0.2) is 9.59 Å². The average molecular weight is 547 g/mol. The third-order valence-electron chi connectivity index (χ3n) is 5.88. The Balaban J connectivity index is 1.45. The van der Waals surface area contributed by atoms with Crippen LogP contribution in [0.2, 0.25) is 0 Å². The Kier molecular flexibility index (Phi) is 11.5. The van der Waals surface area contributed by atoms with E-state index in [2.05, 4.69) is 21.3 Å². The second-order valence-corrected chi connectivity index (χ2v) is 8.89. The van der Waals surface area contributed by atoms with Crippen LogP contribution in [0, 0.1) is 0 Å². The molecule has 0 radical (unpaired) electrons. The standard InChI is InChI=1S/C30H34N4O6/c1-3-25(33-29(37)39-19-21-11-7-5-8-12-21)27(35)31-23-15-17-24(18-16-23)32-28(36)26(4-2)34-30(38)40-20-22-13-9-6-10-14-22/h5-18,25-26H,3-4,19-20H2,1-2H3,(H,31,35)(H,32,36)(H,33,37)(H,34,38). The molecule has 3 aromatic rings. The minimum absolute atomic E-state index is 0.0984. The van der Waals surface area contributed by atoms with Crippen LogP contribution in [0.15, 0.2) is 84.9 Å². The highest BCUT2D eigenvalue weighted by Gasteiger charge is 2.21. The molecule has 0 aliphatic rings. The molecule has 4 N–H and O–H groups in total. The Labute approximate surface area is 233 Å². The predicted octanol–water partition coefficient (Wildman–Crippen LogP) is 4.97. The summed E-state index contributed by atoms with van der Waals surface area (Å²) < 4.78 is 10.4. The van der Waals surface area contributed by atoms with Crippen molar-refractivity contribution in [2.24, 2.45) is 0 Å². The lowest BCUT2D eigenvalue weighted by Gasteiger charge is -2.18. The zero-order valence-corrected chi connectivity index (χ0v) is 22.5. The van der Waals surface area contributed by atoms with Crippen LogP contribution < -0.4 is 21.3 Å². The fourth-order valence-electron chi connectivity index (χ4n) is 3.62. The van der Waals surface area contributed by atoms with Crippen LogP contribution in [0.1, 0.15) is 37.8 Å². The number of hydrogen-bond donors (Lipinski definition) is 4. The van der Waals surface area contributed by atoms with Crippen molar-refractivity contribution < 1.29 is 28.7 Å². The summed E-state index contributed by atoms with van der Waals surface area (Å²) in [5.74, 6) is -0.805. The summed E-state index contributed by atoms with van der Waals surface area (Å²) in [5, 5.41) is 10.6. The Morgan fingerprint density at radius 1 is 0.575 bits per heavy atom. The molecular formula is C30H34N4O6. The summed E-state index contributed by atoms with van der Waals surface area (Å²) in [4.78, 5) is 49.7. The van der Waals surface area contributed by atoms with E-state index in [0.29, 0.717) is 24.2 Å². The lowest BCUT2D eigenvalue weighted by Crippen LogP contribution is -2.43. The molecular weight excluding hydrogens is 512 g/mol. The van der Waals surface area contributed by atoms with Crippen molar-refractivity contribution in [2.45, 2.75) is 52.0 Å². The first kappa shape index (κ1) is 29.7. The number of benzene rings is 3. The molecule has 10 heteroatoms. The van der Waals surface area contributed by atoms with Gasteiger partial charge in [0.05, 0.1) is 0 Å². The summed E-state index contributed by atoms with van der Waals surface area (Å²) in [7, 11) is 0. The van der Waals surface area contributed by atoms with Crippen LogP contribution >= 0.6 is 0 Å². The molecule has 0 aliphatic heterocycles. The smallest absolute Gasteiger partial charge is 0.408 e. The summed E-state index contributed by atoms with van der Waals surface area (Å²) in [5.41, 5.74) is 2.64. The molecule has 0 heterocycles. The number of carbonyl (C=O) groups is 4. The van der Waals surface area contributed by atoms with Crippen LogP contribution in [0.25, 0.3) is 0 Å². The van der Waals surface area contributed by atoms with E-state index in [1.807, 2.05) is 60.7 Å². The summed E-state index contributed by atoms with van der Waals surface area (Å²) in [6.07, 6.45) is -0.655. The van der Waals surface area contributed by atoms with Crippen molar-refractivity contribution in [1.29, 1.82) is 0 Å². The van der Waals surface area contributed by atoms with Crippen molar-refractivity contribution in [3.05, 3.63) is 96.1 Å². The Morgan fingerprint density at radius 3 is 1.25 bits per heavy atom. The van der Waals surface area contributed by atoms with E-state index in [-0.39, 0.29) is 13.2 Å². The van der Waals surface area contributed by atoms with Gasteiger partial charge in [0, 0.05) is 11.4 Å². The Morgan fingerprint density at radius 2 is 0.925 bits per heavy atom. The number of rotatable bonds is 12. The molecule has 0 aromatic heterocycles. The second kappa shape index (κ2) is 15.5. The minimum atomic E-state index is -0.791. The van der Waals surface area contributed by atoms with Gasteiger partial charge in [0.15, 0.2) is 0 Å². The topological polar surface area (TPSA) is 135 Å². The molecule has 0 saturated heterocycles. The highest BCUT2D eigenvalue weighted by Crippen LogP contribution is 2.15. The maximum absolute atomic E-state index is 12.7. The number of hydrogen-bond acceptors (Lipinski definition) is 6. The molecule has 210 valence electrons. The van der Waals surface area contributed by atoms with Gasteiger partial charge < -0.3 is 30.7 Å². The zero-order valence-electron chi connectivity index (χ0n) is 22.5. The zero-order chi connectivity index (χ0) is 28.7. The number of carbonyl (C=O) groups excluding carboxylic acids is 4. The minimum Gasteiger partial charge on any atom is -0.445 e. The SMILES string of the molecule is CCC(NC(=O)OCc1ccccc1)C(=O)Nc1ccc(NC(=O)C(CC)NC(=O)OCc2ccccc2)cc1. The molecule has 0 fully saturated rings. The lowest BCUT2D eigenvalue weighted by molar-refractivity contribution is -0.118. The second-order valence-electron chi connectivity index (χ2n) is 8.89. The first-order chi connectivity index (χ1) is 19.4. The fourth-order valence-corrected chi connectivity index (χ4v) is 3.62. The van der Waals surface area contributed by atoms with E-state index >= 15 is 0 Å². The van der Waals surface area contributed by atoms with E-state index in [4.69, 9.17) is 9.47 Å². The number of ether oxygens (including phenoxy) is 2. The molecule has 40 heavy (non-hydrogen) atoms. The van der Waals surface area contributed by atoms with Crippen molar-refractivity contribution in [3.8, 4) is 0 Å². The predicted molar refractivity (Wildman–Crippen MR) is 151 cm³/mol. The van der Waals surface area contributed by atoms with E-state index in [1.165, 1.54) is 0 Å². The highest BCUT2D eigenvalue weighted by atomic mass is 16.6. The molecule has 4 amide bonds. The van der Waals surface area contributed by atoms with Crippen LogP contribution in [0.4, 0.5) is 21.0 Å². The number of anilines is 2. The molecule has 3 rings (SSSR count). The number of nitrogens with one attached hydrogen (secondary N) is 4. The van der Waals surface area contributed by atoms with Crippen LogP contribution in [0.3, 0.4) is 0 Å². The maximum Gasteiger partial charge on any atom is 0.408 e. The van der Waals surface area contributed by atoms with Gasteiger partial charge in [-0.2, -0.15) is 0 Å². The normalized spacial score (nSPS) is 11.8. The van der Waals surface area contributed by atoms with Gasteiger partial charge in [-0.3, -0.25) is 9.59 Å². The molecule has 10 nitrogen and oxygen atoms in total. The van der Waals surface area contributed by atoms with Crippen molar-refractivity contribution in [1.82, 2.24) is 10.6 Å². The molecule has 3 aromatic carbocycles. The van der Waals surface area contributed by atoms with Crippen molar-refractivity contribution >= 4 is 35.4 Å². The third kappa shape index (κ3) is 9.79. The van der Waals surface area contributed by atoms with Crippen LogP contribution in [0.5, 0.6) is 0 Å². The Hall–Kier alpha value is -4.86. The monoisotopic (exact) mass is 546 g/mol. The quantitative estimate of drug-likeness (QED) is 0.253. The van der Waals surface area contributed by atoms with Gasteiger partial charge in [-0.15, -0.1) is 0 Å². The maximum atomic E-state index is 12.7. The molecule has 2 unspecified atom stereocenters. The van der Waals surface area contributed by atoms with E-state index < -0.39 is 36.1 Å². The van der Waals surface area contributed by atoms with Gasteiger partial charge in [-0.1, -0.05) is 74.5 Å².